The lowest BCUT2D eigenvalue weighted by atomic mass is 9.92. The summed E-state index contributed by atoms with van der Waals surface area (Å²) >= 11 is 0. The number of para-hydroxylation sites is 1. The van der Waals surface area contributed by atoms with Crippen molar-refractivity contribution in [3.63, 3.8) is 0 Å². The second-order valence-electron chi connectivity index (χ2n) is 5.74. The highest BCUT2D eigenvalue weighted by Gasteiger charge is 2.22. The van der Waals surface area contributed by atoms with Crippen molar-refractivity contribution in [2.75, 3.05) is 20.0 Å². The van der Waals surface area contributed by atoms with Crippen LogP contribution < -0.4 is 15.2 Å². The van der Waals surface area contributed by atoms with Crippen LogP contribution in [0.3, 0.4) is 0 Å². The van der Waals surface area contributed by atoms with E-state index in [4.69, 9.17) is 15.2 Å². The summed E-state index contributed by atoms with van der Waals surface area (Å²) in [5.41, 5.74) is 10.4. The van der Waals surface area contributed by atoms with Gasteiger partial charge >= 0.3 is 0 Å². The zero-order valence-electron chi connectivity index (χ0n) is 14.9. The number of anilines is 1. The average Bonchev–Trinajstić information content (AvgIpc) is 2.69. The molecule has 0 amide bonds. The lowest BCUT2D eigenvalue weighted by molar-refractivity contribution is 0.356. The number of nitriles is 1. The molecule has 0 aliphatic heterocycles. The quantitative estimate of drug-likeness (QED) is 0.766. The Balaban J connectivity index is 2.39. The van der Waals surface area contributed by atoms with Crippen LogP contribution in [-0.2, 0) is 0 Å². The molecule has 5 heteroatoms. The molecule has 0 atom stereocenters. The maximum absolute atomic E-state index is 9.69. The molecule has 0 bridgehead atoms. The van der Waals surface area contributed by atoms with Gasteiger partial charge in [0.25, 0.3) is 0 Å². The predicted octanol–water partition coefficient (Wildman–Crippen LogP) is 4.20. The van der Waals surface area contributed by atoms with Gasteiger partial charge in [-0.05, 0) is 18.6 Å². The second-order valence-corrected chi connectivity index (χ2v) is 5.74. The van der Waals surface area contributed by atoms with Crippen molar-refractivity contribution in [3.8, 4) is 40.0 Å². The van der Waals surface area contributed by atoms with Crippen LogP contribution in [0.1, 0.15) is 11.1 Å². The van der Waals surface area contributed by atoms with Gasteiger partial charge < -0.3 is 15.2 Å². The molecule has 26 heavy (non-hydrogen) atoms. The number of aromatic nitrogens is 1. The predicted molar refractivity (Wildman–Crippen MR) is 102 cm³/mol. The van der Waals surface area contributed by atoms with Gasteiger partial charge in [0.1, 0.15) is 17.5 Å². The zero-order valence-corrected chi connectivity index (χ0v) is 14.9. The minimum atomic E-state index is 0.192. The van der Waals surface area contributed by atoms with E-state index in [9.17, 15) is 5.26 Å². The maximum Gasteiger partial charge on any atom is 0.168 e. The molecule has 3 rings (SSSR count). The first kappa shape index (κ1) is 17.3. The molecule has 0 spiro atoms. The number of rotatable bonds is 4. The van der Waals surface area contributed by atoms with Gasteiger partial charge in [-0.1, -0.05) is 42.5 Å². The number of hydrogen-bond donors (Lipinski definition) is 1. The molecule has 2 N–H and O–H groups in total. The van der Waals surface area contributed by atoms with Crippen LogP contribution in [0, 0.1) is 18.3 Å². The molecule has 1 heterocycles. The molecule has 5 nitrogen and oxygen atoms in total. The van der Waals surface area contributed by atoms with Gasteiger partial charge in [0.15, 0.2) is 11.5 Å². The molecule has 0 aliphatic carbocycles. The molecule has 0 radical (unpaired) electrons. The zero-order chi connectivity index (χ0) is 18.7. The standard InChI is InChI=1S/C21H19N3O2/c1-13-18(15-10-7-11-17(25-2)20(15)26-3)16(12-22)21(23)24-19(13)14-8-5-4-6-9-14/h4-11H,1-3H3,(H2,23,24). The van der Waals surface area contributed by atoms with Gasteiger partial charge in [-0.3, -0.25) is 0 Å². The van der Waals surface area contributed by atoms with Gasteiger partial charge in [0.2, 0.25) is 0 Å². The molecular formula is C21H19N3O2. The molecule has 1 aromatic heterocycles. The molecule has 0 saturated heterocycles. The Morgan fingerprint density at radius 2 is 1.73 bits per heavy atom. The van der Waals surface area contributed by atoms with Crippen LogP contribution in [0.4, 0.5) is 5.82 Å². The van der Waals surface area contributed by atoms with Crippen LogP contribution in [0.5, 0.6) is 11.5 Å². The number of nitrogen functional groups attached to an aromatic ring is 1. The number of nitrogens with two attached hydrogens (primary N) is 1. The van der Waals surface area contributed by atoms with Gasteiger partial charge in [-0.15, -0.1) is 0 Å². The van der Waals surface area contributed by atoms with Crippen molar-refractivity contribution in [2.24, 2.45) is 0 Å². The summed E-state index contributed by atoms with van der Waals surface area (Å²) in [6.07, 6.45) is 0. The lowest BCUT2D eigenvalue weighted by Gasteiger charge is -2.18. The number of methoxy groups -OCH3 is 2. The van der Waals surface area contributed by atoms with E-state index < -0.39 is 0 Å². The third-order valence-electron chi connectivity index (χ3n) is 4.30. The van der Waals surface area contributed by atoms with E-state index in [1.807, 2.05) is 55.5 Å². The summed E-state index contributed by atoms with van der Waals surface area (Å²) in [6.45, 7) is 1.93. The van der Waals surface area contributed by atoms with E-state index in [1.165, 1.54) is 0 Å². The summed E-state index contributed by atoms with van der Waals surface area (Å²) in [6, 6.07) is 17.5. The van der Waals surface area contributed by atoms with Crippen molar-refractivity contribution in [1.29, 1.82) is 5.26 Å². The minimum absolute atomic E-state index is 0.192. The number of benzene rings is 2. The van der Waals surface area contributed by atoms with Gasteiger partial charge in [-0.2, -0.15) is 5.26 Å². The molecule has 0 aliphatic rings. The van der Waals surface area contributed by atoms with Gasteiger partial charge in [0, 0.05) is 16.7 Å². The van der Waals surface area contributed by atoms with E-state index in [-0.39, 0.29) is 5.82 Å². The smallest absolute Gasteiger partial charge is 0.168 e. The normalized spacial score (nSPS) is 10.2. The summed E-state index contributed by atoms with van der Waals surface area (Å²) in [7, 11) is 3.15. The SMILES string of the molecule is COc1cccc(-c2c(C)c(-c3ccccc3)nc(N)c2C#N)c1OC. The van der Waals surface area contributed by atoms with Crippen LogP contribution in [0.25, 0.3) is 22.4 Å². The number of pyridine rings is 1. The van der Waals surface area contributed by atoms with E-state index in [2.05, 4.69) is 11.1 Å². The maximum atomic E-state index is 9.69. The summed E-state index contributed by atoms with van der Waals surface area (Å²) in [4.78, 5) is 4.48. The minimum Gasteiger partial charge on any atom is -0.493 e. The molecule has 0 fully saturated rings. The van der Waals surface area contributed by atoms with E-state index in [1.54, 1.807) is 14.2 Å². The van der Waals surface area contributed by atoms with Crippen molar-refractivity contribution in [3.05, 3.63) is 59.7 Å². The first-order chi connectivity index (χ1) is 12.6. The molecular weight excluding hydrogens is 326 g/mol. The number of hydrogen-bond acceptors (Lipinski definition) is 5. The highest BCUT2D eigenvalue weighted by Crippen LogP contribution is 2.43. The van der Waals surface area contributed by atoms with Crippen LogP contribution in [-0.4, -0.2) is 19.2 Å². The Hall–Kier alpha value is -3.52. The summed E-state index contributed by atoms with van der Waals surface area (Å²) in [5, 5.41) is 9.69. The van der Waals surface area contributed by atoms with Gasteiger partial charge in [0.05, 0.1) is 19.9 Å². The first-order valence-electron chi connectivity index (χ1n) is 8.09. The van der Waals surface area contributed by atoms with Gasteiger partial charge in [-0.25, -0.2) is 4.98 Å². The highest BCUT2D eigenvalue weighted by molar-refractivity contribution is 5.87. The van der Waals surface area contributed by atoms with Crippen molar-refractivity contribution in [2.45, 2.75) is 6.92 Å². The topological polar surface area (TPSA) is 81.2 Å². The number of ether oxygens (including phenoxy) is 2. The highest BCUT2D eigenvalue weighted by atomic mass is 16.5. The Morgan fingerprint density at radius 1 is 1.00 bits per heavy atom. The van der Waals surface area contributed by atoms with Crippen LogP contribution >= 0.6 is 0 Å². The van der Waals surface area contributed by atoms with Crippen molar-refractivity contribution < 1.29 is 9.47 Å². The fraction of sp³-hybridized carbons (Fsp3) is 0.143. The van der Waals surface area contributed by atoms with E-state index in [0.717, 1.165) is 22.4 Å². The molecule has 2 aromatic carbocycles. The first-order valence-corrected chi connectivity index (χ1v) is 8.09. The van der Waals surface area contributed by atoms with Crippen molar-refractivity contribution in [1.82, 2.24) is 4.98 Å². The van der Waals surface area contributed by atoms with Crippen LogP contribution in [0.2, 0.25) is 0 Å². The van der Waals surface area contributed by atoms with Crippen LogP contribution in [0.15, 0.2) is 48.5 Å². The Kier molecular flexibility index (Phi) is 4.76. The lowest BCUT2D eigenvalue weighted by Crippen LogP contribution is -2.04. The fourth-order valence-electron chi connectivity index (χ4n) is 3.11. The second kappa shape index (κ2) is 7.16. The molecule has 0 saturated carbocycles. The van der Waals surface area contributed by atoms with E-state index in [0.29, 0.717) is 22.6 Å². The Morgan fingerprint density at radius 3 is 2.35 bits per heavy atom. The summed E-state index contributed by atoms with van der Waals surface area (Å²) < 4.78 is 11.0. The molecule has 3 aromatic rings. The third kappa shape index (κ3) is 2.82. The van der Waals surface area contributed by atoms with Crippen molar-refractivity contribution >= 4 is 5.82 Å². The fourth-order valence-corrected chi connectivity index (χ4v) is 3.11. The number of nitrogens with zero attached hydrogens (tertiary/aromatic N) is 2. The van der Waals surface area contributed by atoms with E-state index >= 15 is 0 Å². The average molecular weight is 345 g/mol. The summed E-state index contributed by atoms with van der Waals surface area (Å²) in [5.74, 6) is 1.33. The molecule has 130 valence electrons. The Bertz CT molecular complexity index is 992. The molecule has 0 unspecified atom stereocenters. The largest absolute Gasteiger partial charge is 0.493 e. The monoisotopic (exact) mass is 345 g/mol. The Labute approximate surface area is 152 Å². The third-order valence-corrected chi connectivity index (χ3v) is 4.30.